The third-order valence-electron chi connectivity index (χ3n) is 5.60. The average molecular weight is 474 g/mol. The predicted molar refractivity (Wildman–Crippen MR) is 119 cm³/mol. The summed E-state index contributed by atoms with van der Waals surface area (Å²) in [4.78, 5) is 29.1. The number of hydrogen-bond acceptors (Lipinski definition) is 5. The summed E-state index contributed by atoms with van der Waals surface area (Å²) in [5.41, 5.74) is -0.468. The van der Waals surface area contributed by atoms with E-state index in [4.69, 9.17) is 10.00 Å². The molecule has 34 heavy (non-hydrogen) atoms. The maximum absolute atomic E-state index is 13.4. The molecule has 2 amide bonds. The second-order valence-electron chi connectivity index (χ2n) is 7.83. The molecule has 1 atom stereocenters. The number of piperazine rings is 1. The minimum atomic E-state index is -4.69. The van der Waals surface area contributed by atoms with E-state index in [1.54, 1.807) is 11.0 Å². The first-order chi connectivity index (χ1) is 16.2. The number of methoxy groups -OCH3 is 1. The number of amides is 2. The van der Waals surface area contributed by atoms with Gasteiger partial charge in [0.15, 0.2) is 0 Å². The van der Waals surface area contributed by atoms with Crippen molar-refractivity contribution in [2.24, 2.45) is 0 Å². The number of halogens is 3. The molecule has 1 heterocycles. The Morgan fingerprint density at radius 2 is 1.91 bits per heavy atom. The molecule has 0 aromatic heterocycles. The van der Waals surface area contributed by atoms with Crippen molar-refractivity contribution in [2.45, 2.75) is 18.6 Å². The molecule has 2 aromatic rings. The van der Waals surface area contributed by atoms with E-state index in [-0.39, 0.29) is 50.8 Å². The van der Waals surface area contributed by atoms with E-state index in [0.717, 1.165) is 17.7 Å². The third-order valence-corrected chi connectivity index (χ3v) is 5.60. The van der Waals surface area contributed by atoms with Crippen LogP contribution >= 0.6 is 0 Å². The molecule has 0 spiro atoms. The van der Waals surface area contributed by atoms with E-state index >= 15 is 0 Å². The van der Waals surface area contributed by atoms with Gasteiger partial charge in [-0.05, 0) is 23.8 Å². The Hall–Kier alpha value is -3.58. The maximum Gasteiger partial charge on any atom is 0.417 e. The van der Waals surface area contributed by atoms with Crippen LogP contribution in [0.25, 0.3) is 0 Å². The van der Waals surface area contributed by atoms with Crippen LogP contribution in [0.4, 0.5) is 18.9 Å². The largest absolute Gasteiger partial charge is 0.417 e. The lowest BCUT2D eigenvalue weighted by Gasteiger charge is -2.41. The van der Waals surface area contributed by atoms with Gasteiger partial charge in [-0.3, -0.25) is 9.59 Å². The summed E-state index contributed by atoms with van der Waals surface area (Å²) in [7, 11) is 1.49. The number of rotatable bonds is 7. The second kappa shape index (κ2) is 11.0. The number of hydrogen-bond donors (Lipinski definition) is 1. The van der Waals surface area contributed by atoms with Gasteiger partial charge in [-0.1, -0.05) is 30.3 Å². The van der Waals surface area contributed by atoms with Crippen molar-refractivity contribution < 1.29 is 27.5 Å². The predicted octanol–water partition coefficient (Wildman–Crippen LogP) is 2.60. The zero-order valence-electron chi connectivity index (χ0n) is 18.6. The Morgan fingerprint density at radius 3 is 2.56 bits per heavy atom. The lowest BCUT2D eigenvalue weighted by atomic mass is 10.0. The van der Waals surface area contributed by atoms with Gasteiger partial charge in [0.1, 0.15) is 6.04 Å². The van der Waals surface area contributed by atoms with E-state index < -0.39 is 29.3 Å². The molecule has 0 aliphatic carbocycles. The van der Waals surface area contributed by atoms with Crippen molar-refractivity contribution >= 4 is 17.5 Å². The summed E-state index contributed by atoms with van der Waals surface area (Å²) in [6.45, 7) is 0.940. The zero-order chi connectivity index (χ0) is 24.7. The molecular weight excluding hydrogens is 449 g/mol. The number of nitriles is 1. The molecule has 1 aliphatic heterocycles. The summed E-state index contributed by atoms with van der Waals surface area (Å²) in [5, 5.41) is 11.8. The van der Waals surface area contributed by atoms with Crippen LogP contribution in [0.2, 0.25) is 0 Å². The van der Waals surface area contributed by atoms with E-state index in [9.17, 15) is 22.8 Å². The van der Waals surface area contributed by atoms with Crippen molar-refractivity contribution in [3.8, 4) is 6.07 Å². The van der Waals surface area contributed by atoms with Gasteiger partial charge in [-0.25, -0.2) is 0 Å². The van der Waals surface area contributed by atoms with E-state index in [1.807, 2.05) is 30.3 Å². The fourth-order valence-corrected chi connectivity index (χ4v) is 3.87. The van der Waals surface area contributed by atoms with Crippen LogP contribution in [0.1, 0.15) is 16.7 Å². The number of carbonyl (C=O) groups excluding carboxylic acids is 2. The van der Waals surface area contributed by atoms with Crippen LogP contribution < -0.4 is 10.2 Å². The van der Waals surface area contributed by atoms with Crippen LogP contribution in [-0.4, -0.2) is 62.7 Å². The molecule has 0 radical (unpaired) electrons. The van der Waals surface area contributed by atoms with E-state index in [0.29, 0.717) is 0 Å². The molecule has 1 fully saturated rings. The molecule has 10 heteroatoms. The molecule has 3 rings (SSSR count). The Balaban J connectivity index is 1.84. The smallest absolute Gasteiger partial charge is 0.383 e. The number of carbonyl (C=O) groups is 2. The summed E-state index contributed by atoms with van der Waals surface area (Å²) in [6, 6.07) is 13.2. The average Bonchev–Trinajstić information content (AvgIpc) is 2.83. The van der Waals surface area contributed by atoms with Gasteiger partial charge in [0, 0.05) is 39.0 Å². The first-order valence-corrected chi connectivity index (χ1v) is 10.7. The lowest BCUT2D eigenvalue weighted by molar-refractivity contribution is -0.140. The number of nitrogens with one attached hydrogen (secondary N) is 1. The molecule has 1 unspecified atom stereocenters. The minimum absolute atomic E-state index is 0.0164. The van der Waals surface area contributed by atoms with Crippen LogP contribution in [0.15, 0.2) is 48.5 Å². The summed E-state index contributed by atoms with van der Waals surface area (Å²) >= 11 is 0. The molecule has 0 saturated carbocycles. The van der Waals surface area contributed by atoms with Crippen LogP contribution in [0, 0.1) is 11.3 Å². The van der Waals surface area contributed by atoms with Crippen LogP contribution in [0.5, 0.6) is 0 Å². The van der Waals surface area contributed by atoms with Crippen LogP contribution in [0.3, 0.4) is 0 Å². The normalized spacial score (nSPS) is 16.1. The van der Waals surface area contributed by atoms with Crippen molar-refractivity contribution in [1.29, 1.82) is 5.26 Å². The van der Waals surface area contributed by atoms with Crippen molar-refractivity contribution in [2.75, 3.05) is 44.8 Å². The topological polar surface area (TPSA) is 85.7 Å². The Morgan fingerprint density at radius 1 is 1.18 bits per heavy atom. The standard InChI is InChI=1S/C24H25F3N4O3/c1-34-12-9-29-23(33)21-16-30(19-8-7-18(15-28)20(14-19)24(25,26)27)10-11-31(21)22(32)13-17-5-3-2-4-6-17/h2-8,14,21H,9-13,16H2,1H3,(H,29,33). The van der Waals surface area contributed by atoms with Gasteiger partial charge in [0.05, 0.1) is 30.2 Å². The Labute approximate surface area is 195 Å². The molecule has 2 aromatic carbocycles. The third kappa shape index (κ3) is 6.05. The molecule has 0 bridgehead atoms. The summed E-state index contributed by atoms with van der Waals surface area (Å²) in [6.07, 6.45) is -4.58. The quantitative estimate of drug-likeness (QED) is 0.624. The first kappa shape index (κ1) is 25.1. The molecule has 1 N–H and O–H groups in total. The summed E-state index contributed by atoms with van der Waals surface area (Å²) < 4.78 is 45.3. The fourth-order valence-electron chi connectivity index (χ4n) is 3.87. The highest BCUT2D eigenvalue weighted by Crippen LogP contribution is 2.35. The van der Waals surface area contributed by atoms with Gasteiger partial charge < -0.3 is 19.9 Å². The number of benzene rings is 2. The van der Waals surface area contributed by atoms with E-state index in [1.165, 1.54) is 18.1 Å². The van der Waals surface area contributed by atoms with Gasteiger partial charge in [-0.2, -0.15) is 18.4 Å². The molecule has 180 valence electrons. The number of ether oxygens (including phenoxy) is 1. The number of alkyl halides is 3. The summed E-state index contributed by atoms with van der Waals surface area (Å²) in [5.74, 6) is -0.651. The SMILES string of the molecule is COCCNC(=O)C1CN(c2ccc(C#N)c(C(F)(F)F)c2)CCN1C(=O)Cc1ccccc1. The van der Waals surface area contributed by atoms with Crippen molar-refractivity contribution in [3.63, 3.8) is 0 Å². The Kier molecular flexibility index (Phi) is 8.12. The molecular formula is C24H25F3N4O3. The monoisotopic (exact) mass is 474 g/mol. The minimum Gasteiger partial charge on any atom is -0.383 e. The van der Waals surface area contributed by atoms with Gasteiger partial charge in [0.2, 0.25) is 11.8 Å². The lowest BCUT2D eigenvalue weighted by Crippen LogP contribution is -2.61. The van der Waals surface area contributed by atoms with E-state index in [2.05, 4.69) is 5.32 Å². The first-order valence-electron chi connectivity index (χ1n) is 10.7. The molecule has 1 saturated heterocycles. The number of anilines is 1. The zero-order valence-corrected chi connectivity index (χ0v) is 18.6. The number of nitrogens with zero attached hydrogens (tertiary/aromatic N) is 3. The van der Waals surface area contributed by atoms with Gasteiger partial charge in [0.25, 0.3) is 0 Å². The fraction of sp³-hybridized carbons (Fsp3) is 0.375. The van der Waals surface area contributed by atoms with Crippen molar-refractivity contribution in [3.05, 3.63) is 65.2 Å². The molecule has 7 nitrogen and oxygen atoms in total. The second-order valence-corrected chi connectivity index (χ2v) is 7.83. The van der Waals surface area contributed by atoms with Gasteiger partial charge >= 0.3 is 6.18 Å². The molecule has 1 aliphatic rings. The van der Waals surface area contributed by atoms with Crippen molar-refractivity contribution in [1.82, 2.24) is 10.2 Å². The highest BCUT2D eigenvalue weighted by molar-refractivity contribution is 5.89. The highest BCUT2D eigenvalue weighted by Gasteiger charge is 2.37. The Bertz CT molecular complexity index is 1050. The highest BCUT2D eigenvalue weighted by atomic mass is 19.4. The van der Waals surface area contributed by atoms with Gasteiger partial charge in [-0.15, -0.1) is 0 Å². The van der Waals surface area contributed by atoms with Crippen LogP contribution in [-0.2, 0) is 26.9 Å². The maximum atomic E-state index is 13.4.